The number of anilines is 1. The van der Waals surface area contributed by atoms with Crippen LogP contribution in [0.25, 0.3) is 11.0 Å². The first-order chi connectivity index (χ1) is 17.3. The summed E-state index contributed by atoms with van der Waals surface area (Å²) in [7, 11) is 0.201. The smallest absolute Gasteiger partial charge is 0.311 e. The summed E-state index contributed by atoms with van der Waals surface area (Å²) < 4.78 is 12.7. The molecule has 2 aromatic heterocycles. The van der Waals surface area contributed by atoms with E-state index in [0.29, 0.717) is 42.0 Å². The third-order valence-electron chi connectivity index (χ3n) is 5.94. The molecule has 190 valence electrons. The minimum atomic E-state index is -1.19. The highest BCUT2D eigenvalue weighted by atomic mass is 32.2. The Morgan fingerprint density at radius 2 is 1.94 bits per heavy atom. The Hall–Kier alpha value is -2.95. The lowest BCUT2D eigenvalue weighted by atomic mass is 10.1. The summed E-state index contributed by atoms with van der Waals surface area (Å²) in [5.74, 6) is -0.435. The van der Waals surface area contributed by atoms with E-state index in [2.05, 4.69) is 29.6 Å². The summed E-state index contributed by atoms with van der Waals surface area (Å²) >= 11 is 1.38. The van der Waals surface area contributed by atoms with Gasteiger partial charge in [0, 0.05) is 50.4 Å². The molecule has 1 aromatic carbocycles. The van der Waals surface area contributed by atoms with Crippen molar-refractivity contribution in [3.8, 4) is 0 Å². The molecule has 1 unspecified atom stereocenters. The number of benzene rings is 1. The summed E-state index contributed by atoms with van der Waals surface area (Å²) in [6, 6.07) is 14.4. The topological polar surface area (TPSA) is 86.0 Å². The Morgan fingerprint density at radius 1 is 1.17 bits per heavy atom. The Balaban J connectivity index is 1.60. The first-order valence-electron chi connectivity index (χ1n) is 11.9. The number of pyridine rings is 1. The van der Waals surface area contributed by atoms with Gasteiger partial charge in [0.25, 0.3) is 5.91 Å². The molecule has 3 aromatic rings. The fourth-order valence-electron chi connectivity index (χ4n) is 3.91. The van der Waals surface area contributed by atoms with Crippen LogP contribution in [0.5, 0.6) is 0 Å². The van der Waals surface area contributed by atoms with Crippen LogP contribution in [0.15, 0.2) is 59.9 Å². The molecule has 1 amide bonds. The third-order valence-corrected chi connectivity index (χ3v) is 8.78. The second-order valence-corrected chi connectivity index (χ2v) is 16.5. The van der Waals surface area contributed by atoms with Gasteiger partial charge in [-0.1, -0.05) is 49.6 Å². The lowest BCUT2D eigenvalue weighted by Gasteiger charge is -2.33. The van der Waals surface area contributed by atoms with Crippen LogP contribution >= 0.6 is 11.8 Å². The van der Waals surface area contributed by atoms with Gasteiger partial charge in [0.1, 0.15) is 12.4 Å². The monoisotopic (exact) mass is 524 g/mol. The van der Waals surface area contributed by atoms with Crippen molar-refractivity contribution in [2.24, 2.45) is 10.9 Å². The number of amides is 1. The average molecular weight is 525 g/mol. The van der Waals surface area contributed by atoms with Crippen molar-refractivity contribution in [2.75, 3.05) is 30.9 Å². The number of methoxy groups -OCH3 is 1. The van der Waals surface area contributed by atoms with E-state index >= 15 is 0 Å². The van der Waals surface area contributed by atoms with Gasteiger partial charge < -0.3 is 18.9 Å². The van der Waals surface area contributed by atoms with Crippen molar-refractivity contribution in [3.63, 3.8) is 0 Å². The van der Waals surface area contributed by atoms with E-state index in [1.807, 2.05) is 51.9 Å². The molecule has 0 aliphatic carbocycles. The number of carbonyl (C=O) groups excluding carboxylic acids is 2. The normalized spacial score (nSPS) is 17.5. The van der Waals surface area contributed by atoms with Gasteiger partial charge in [-0.3, -0.25) is 9.59 Å². The first kappa shape index (κ1) is 26.1. The molecule has 0 radical (unpaired) electrons. The molecule has 1 fully saturated rings. The summed E-state index contributed by atoms with van der Waals surface area (Å²) in [6.45, 7) is 8.34. The number of aliphatic imine (C=N–C) groups is 1. The van der Waals surface area contributed by atoms with E-state index < -0.39 is 8.07 Å². The maximum absolute atomic E-state index is 13.5. The highest BCUT2D eigenvalue weighted by Crippen LogP contribution is 2.29. The summed E-state index contributed by atoms with van der Waals surface area (Å²) in [4.78, 5) is 36.6. The van der Waals surface area contributed by atoms with Gasteiger partial charge in [-0.25, -0.2) is 4.98 Å². The van der Waals surface area contributed by atoms with Crippen molar-refractivity contribution in [1.82, 2.24) is 9.55 Å². The average Bonchev–Trinajstić information content (AvgIpc) is 3.25. The van der Waals surface area contributed by atoms with Crippen LogP contribution in [0.4, 0.5) is 5.69 Å². The number of rotatable bonds is 8. The lowest BCUT2D eigenvalue weighted by molar-refractivity contribution is -0.144. The number of ether oxygens (including phenoxy) is 2. The second kappa shape index (κ2) is 11.4. The third kappa shape index (κ3) is 6.24. The number of thioether (sulfide) groups is 1. The standard InChI is InChI=1S/C26H32N4O4SSi/c1-33-25(32)19-15-30(20-9-6-5-7-10-20)26(35-17-19)28-24(31)22-16-29(18-34-13-14-36(2,3)4)23-21(22)11-8-12-27-23/h5-12,16,19H,13-15,17-18H2,1-4H3. The lowest BCUT2D eigenvalue weighted by Crippen LogP contribution is -2.43. The van der Waals surface area contributed by atoms with Gasteiger partial charge in [-0.2, -0.15) is 4.99 Å². The molecule has 1 atom stereocenters. The van der Waals surface area contributed by atoms with E-state index in [1.165, 1.54) is 18.9 Å². The number of para-hydroxylation sites is 1. The molecule has 4 rings (SSSR count). The Bertz CT molecular complexity index is 1260. The van der Waals surface area contributed by atoms with Crippen LogP contribution in [0.1, 0.15) is 10.4 Å². The van der Waals surface area contributed by atoms with Crippen LogP contribution in [0.3, 0.4) is 0 Å². The van der Waals surface area contributed by atoms with Crippen LogP contribution in [-0.2, 0) is 21.0 Å². The molecule has 1 aliphatic heterocycles. The van der Waals surface area contributed by atoms with E-state index in [4.69, 9.17) is 9.47 Å². The van der Waals surface area contributed by atoms with Crippen LogP contribution in [-0.4, -0.2) is 60.7 Å². The maximum Gasteiger partial charge on any atom is 0.311 e. The van der Waals surface area contributed by atoms with Gasteiger partial charge in [-0.15, -0.1) is 0 Å². The van der Waals surface area contributed by atoms with Crippen molar-refractivity contribution < 1.29 is 19.1 Å². The Kier molecular flexibility index (Phi) is 8.27. The molecule has 8 nitrogen and oxygen atoms in total. The molecule has 0 spiro atoms. The molecule has 1 aliphatic rings. The Morgan fingerprint density at radius 3 is 2.67 bits per heavy atom. The van der Waals surface area contributed by atoms with E-state index in [1.54, 1.807) is 12.4 Å². The Labute approximate surface area is 216 Å². The number of aromatic nitrogens is 2. The molecule has 0 bridgehead atoms. The SMILES string of the molecule is COC(=O)C1CSC(=NC(=O)c2cn(COCC[Si](C)(C)C)c3ncccc23)N(c2ccccc2)C1. The zero-order chi connectivity index (χ0) is 25.7. The summed E-state index contributed by atoms with van der Waals surface area (Å²) in [6.07, 6.45) is 3.48. The van der Waals surface area contributed by atoms with Gasteiger partial charge in [0.2, 0.25) is 0 Å². The number of esters is 1. The van der Waals surface area contributed by atoms with E-state index in [-0.39, 0.29) is 17.8 Å². The fraction of sp³-hybridized carbons (Fsp3) is 0.385. The number of carbonyl (C=O) groups is 2. The minimum absolute atomic E-state index is 0.267. The number of hydrogen-bond donors (Lipinski definition) is 0. The number of fused-ring (bicyclic) bond motifs is 1. The fourth-order valence-corrected chi connectivity index (χ4v) is 5.74. The van der Waals surface area contributed by atoms with Crippen LogP contribution in [0, 0.1) is 5.92 Å². The van der Waals surface area contributed by atoms with Gasteiger partial charge in [-0.05, 0) is 30.3 Å². The molecule has 0 N–H and O–H groups in total. The highest BCUT2D eigenvalue weighted by molar-refractivity contribution is 8.14. The molecule has 3 heterocycles. The van der Waals surface area contributed by atoms with E-state index in [0.717, 1.165) is 17.1 Å². The van der Waals surface area contributed by atoms with Crippen molar-refractivity contribution in [2.45, 2.75) is 32.4 Å². The maximum atomic E-state index is 13.5. The molecule has 36 heavy (non-hydrogen) atoms. The predicted octanol–water partition coefficient (Wildman–Crippen LogP) is 4.89. The summed E-state index contributed by atoms with van der Waals surface area (Å²) in [5.41, 5.74) is 2.03. The molecule has 10 heteroatoms. The van der Waals surface area contributed by atoms with Crippen LogP contribution < -0.4 is 4.90 Å². The highest BCUT2D eigenvalue weighted by Gasteiger charge is 2.32. The number of amidine groups is 1. The van der Waals surface area contributed by atoms with Gasteiger partial charge >= 0.3 is 5.97 Å². The van der Waals surface area contributed by atoms with E-state index in [9.17, 15) is 9.59 Å². The van der Waals surface area contributed by atoms with Crippen molar-refractivity contribution in [3.05, 3.63) is 60.4 Å². The summed E-state index contributed by atoms with van der Waals surface area (Å²) in [5, 5.41) is 1.29. The minimum Gasteiger partial charge on any atom is -0.469 e. The zero-order valence-corrected chi connectivity index (χ0v) is 23.0. The molecule has 0 saturated carbocycles. The number of nitrogens with zero attached hydrogens (tertiary/aromatic N) is 4. The van der Waals surface area contributed by atoms with Crippen molar-refractivity contribution >= 4 is 53.6 Å². The largest absolute Gasteiger partial charge is 0.469 e. The molecular formula is C26H32N4O4SSi. The predicted molar refractivity (Wildman–Crippen MR) is 147 cm³/mol. The van der Waals surface area contributed by atoms with Crippen molar-refractivity contribution in [1.29, 1.82) is 0 Å². The second-order valence-electron chi connectivity index (χ2n) is 9.91. The molecular weight excluding hydrogens is 492 g/mol. The zero-order valence-electron chi connectivity index (χ0n) is 21.1. The molecule has 1 saturated heterocycles. The van der Waals surface area contributed by atoms with Gasteiger partial charge in [0.15, 0.2) is 5.17 Å². The number of hydrogen-bond acceptors (Lipinski definition) is 6. The van der Waals surface area contributed by atoms with Crippen LogP contribution in [0.2, 0.25) is 25.7 Å². The first-order valence-corrected chi connectivity index (χ1v) is 16.6. The quantitative estimate of drug-likeness (QED) is 0.236. The van der Waals surface area contributed by atoms with Gasteiger partial charge in [0.05, 0.1) is 18.6 Å².